The van der Waals surface area contributed by atoms with Gasteiger partial charge in [0, 0.05) is 18.7 Å². The number of aliphatic imine (C=N–C) groups is 1. The molecule has 0 aromatic heterocycles. The summed E-state index contributed by atoms with van der Waals surface area (Å²) in [4.78, 5) is 42.9. The average Bonchev–Trinajstić information content (AvgIpc) is 3.07. The second-order valence-electron chi connectivity index (χ2n) is 6.60. The maximum atomic E-state index is 12.8. The Morgan fingerprint density at radius 3 is 2.35 bits per heavy atom. The van der Waals surface area contributed by atoms with E-state index in [2.05, 4.69) is 15.0 Å². The van der Waals surface area contributed by atoms with Crippen LogP contribution in [0.3, 0.4) is 0 Å². The summed E-state index contributed by atoms with van der Waals surface area (Å²) < 4.78 is 9.80. The van der Waals surface area contributed by atoms with Crippen molar-refractivity contribution in [3.8, 4) is 5.75 Å². The van der Waals surface area contributed by atoms with Crippen molar-refractivity contribution in [3.05, 3.63) is 54.1 Å². The Labute approximate surface area is 184 Å². The monoisotopic (exact) mass is 441 g/mol. The first-order chi connectivity index (χ1) is 14.9. The number of nitrogens with one attached hydrogen (secondary N) is 1. The Morgan fingerprint density at radius 2 is 1.77 bits per heavy atom. The molecule has 9 heteroatoms. The van der Waals surface area contributed by atoms with Gasteiger partial charge in [0.1, 0.15) is 11.0 Å². The molecule has 1 heterocycles. The molecule has 0 unspecified atom stereocenters. The third-order valence-electron chi connectivity index (χ3n) is 4.59. The highest BCUT2D eigenvalue weighted by molar-refractivity contribution is 8.15. The van der Waals surface area contributed by atoms with Crippen LogP contribution in [0.15, 0.2) is 53.5 Å². The highest BCUT2D eigenvalue weighted by Gasteiger charge is 2.38. The van der Waals surface area contributed by atoms with Gasteiger partial charge in [0.25, 0.3) is 0 Å². The minimum atomic E-state index is -0.550. The van der Waals surface area contributed by atoms with Gasteiger partial charge in [-0.25, -0.2) is 9.79 Å². The minimum Gasteiger partial charge on any atom is -0.497 e. The van der Waals surface area contributed by atoms with E-state index >= 15 is 0 Å². The van der Waals surface area contributed by atoms with Gasteiger partial charge < -0.3 is 14.8 Å². The highest BCUT2D eigenvalue weighted by Crippen LogP contribution is 2.32. The fraction of sp³-hybridized carbons (Fsp3) is 0.273. The standard InChI is InChI=1S/C22H23N3O5S/c1-4-25-20(27)18(31-22(25)24-16-9-11-17(29-2)12-10-16)13-19(26)23-15-7-5-14(6-8-15)21(28)30-3/h5-12,18H,4,13H2,1-3H3,(H,23,26)/t18-/m1/s1. The lowest BCUT2D eigenvalue weighted by molar-refractivity contribution is -0.128. The lowest BCUT2D eigenvalue weighted by atomic mass is 10.2. The summed E-state index contributed by atoms with van der Waals surface area (Å²) in [5, 5.41) is 2.77. The van der Waals surface area contributed by atoms with Crippen molar-refractivity contribution in [1.82, 2.24) is 4.90 Å². The van der Waals surface area contributed by atoms with Crippen molar-refractivity contribution in [3.63, 3.8) is 0 Å². The maximum absolute atomic E-state index is 12.8. The number of thioether (sulfide) groups is 1. The van der Waals surface area contributed by atoms with Crippen molar-refractivity contribution < 1.29 is 23.9 Å². The van der Waals surface area contributed by atoms with Crippen LogP contribution < -0.4 is 10.1 Å². The van der Waals surface area contributed by atoms with E-state index in [1.807, 2.05) is 19.1 Å². The van der Waals surface area contributed by atoms with Gasteiger partial charge in [0.15, 0.2) is 5.17 Å². The summed E-state index contributed by atoms with van der Waals surface area (Å²) in [6.07, 6.45) is 0.0143. The number of amides is 2. The molecule has 8 nitrogen and oxygen atoms in total. The SMILES string of the molecule is CCN1C(=O)[C@@H](CC(=O)Nc2ccc(C(=O)OC)cc2)SC1=Nc1ccc(OC)cc1. The lowest BCUT2D eigenvalue weighted by Crippen LogP contribution is -2.33. The van der Waals surface area contributed by atoms with Crippen LogP contribution in [0.4, 0.5) is 11.4 Å². The number of hydrogen-bond acceptors (Lipinski definition) is 7. The molecule has 3 rings (SSSR count). The fourth-order valence-electron chi connectivity index (χ4n) is 2.97. The van der Waals surface area contributed by atoms with E-state index in [-0.39, 0.29) is 18.2 Å². The molecule has 162 valence electrons. The smallest absolute Gasteiger partial charge is 0.337 e. The fourth-order valence-corrected chi connectivity index (χ4v) is 4.19. The number of carbonyl (C=O) groups excluding carboxylic acids is 3. The van der Waals surface area contributed by atoms with Crippen molar-refractivity contribution in [1.29, 1.82) is 0 Å². The zero-order valence-electron chi connectivity index (χ0n) is 17.5. The molecule has 0 radical (unpaired) electrons. The van der Waals surface area contributed by atoms with Crippen molar-refractivity contribution in [2.45, 2.75) is 18.6 Å². The number of amidine groups is 1. The van der Waals surface area contributed by atoms with Crippen LogP contribution in [0, 0.1) is 0 Å². The molecule has 0 aliphatic carbocycles. The molecule has 31 heavy (non-hydrogen) atoms. The molecule has 1 N–H and O–H groups in total. The van der Waals surface area contributed by atoms with Crippen LogP contribution in [0.25, 0.3) is 0 Å². The number of methoxy groups -OCH3 is 2. The number of hydrogen-bond donors (Lipinski definition) is 1. The minimum absolute atomic E-state index is 0.0143. The molecule has 2 aromatic carbocycles. The van der Waals surface area contributed by atoms with Gasteiger partial charge in [-0.3, -0.25) is 14.5 Å². The van der Waals surface area contributed by atoms with Gasteiger partial charge >= 0.3 is 5.97 Å². The zero-order valence-corrected chi connectivity index (χ0v) is 18.3. The summed E-state index contributed by atoms with van der Waals surface area (Å²) in [5.41, 5.74) is 1.62. The molecular weight excluding hydrogens is 418 g/mol. The Kier molecular flexibility index (Phi) is 7.30. The number of anilines is 1. The van der Waals surface area contributed by atoms with E-state index in [0.717, 1.165) is 5.75 Å². The van der Waals surface area contributed by atoms with E-state index in [0.29, 0.717) is 28.7 Å². The largest absolute Gasteiger partial charge is 0.497 e. The molecule has 0 bridgehead atoms. The van der Waals surface area contributed by atoms with Crippen molar-refractivity contribution in [2.75, 3.05) is 26.1 Å². The first-order valence-corrected chi connectivity index (χ1v) is 10.5. The number of rotatable bonds is 7. The molecule has 2 aromatic rings. The Hall–Kier alpha value is -3.33. The van der Waals surface area contributed by atoms with Gasteiger partial charge in [0.2, 0.25) is 11.8 Å². The van der Waals surface area contributed by atoms with E-state index < -0.39 is 11.2 Å². The first-order valence-electron chi connectivity index (χ1n) is 9.64. The molecule has 0 saturated carbocycles. The van der Waals surface area contributed by atoms with Gasteiger partial charge in [-0.05, 0) is 55.5 Å². The highest BCUT2D eigenvalue weighted by atomic mass is 32.2. The molecule has 1 aliphatic heterocycles. The first kappa shape index (κ1) is 22.4. The van der Waals surface area contributed by atoms with E-state index in [4.69, 9.17) is 4.74 Å². The Bertz CT molecular complexity index is 989. The van der Waals surface area contributed by atoms with Gasteiger partial charge in [-0.15, -0.1) is 0 Å². The third-order valence-corrected chi connectivity index (χ3v) is 5.77. The number of ether oxygens (including phenoxy) is 2. The van der Waals surface area contributed by atoms with E-state index in [9.17, 15) is 14.4 Å². The van der Waals surface area contributed by atoms with Crippen LogP contribution in [-0.4, -0.2) is 53.9 Å². The topological polar surface area (TPSA) is 97.3 Å². The number of carbonyl (C=O) groups is 3. The summed E-state index contributed by atoms with van der Waals surface area (Å²) in [7, 11) is 2.90. The molecule has 1 fully saturated rings. The Morgan fingerprint density at radius 1 is 1.10 bits per heavy atom. The second kappa shape index (κ2) is 10.1. The quantitative estimate of drug-likeness (QED) is 0.661. The molecule has 0 spiro atoms. The van der Waals surface area contributed by atoms with Crippen LogP contribution in [-0.2, 0) is 14.3 Å². The van der Waals surface area contributed by atoms with Crippen LogP contribution in [0.5, 0.6) is 5.75 Å². The van der Waals surface area contributed by atoms with Gasteiger partial charge in [-0.2, -0.15) is 0 Å². The molecule has 2 amide bonds. The third kappa shape index (κ3) is 5.43. The predicted octanol–water partition coefficient (Wildman–Crippen LogP) is 3.46. The van der Waals surface area contributed by atoms with Crippen LogP contribution in [0.2, 0.25) is 0 Å². The molecular formula is C22H23N3O5S. The van der Waals surface area contributed by atoms with Crippen LogP contribution in [0.1, 0.15) is 23.7 Å². The number of esters is 1. The summed E-state index contributed by atoms with van der Waals surface area (Å²) in [5.74, 6) is -0.163. The number of benzene rings is 2. The number of nitrogens with zero attached hydrogens (tertiary/aromatic N) is 2. The van der Waals surface area contributed by atoms with E-state index in [1.165, 1.54) is 18.9 Å². The summed E-state index contributed by atoms with van der Waals surface area (Å²) in [6.45, 7) is 2.33. The summed E-state index contributed by atoms with van der Waals surface area (Å²) >= 11 is 1.28. The molecule has 1 saturated heterocycles. The average molecular weight is 442 g/mol. The second-order valence-corrected chi connectivity index (χ2v) is 7.77. The van der Waals surface area contributed by atoms with Gasteiger partial charge in [0.05, 0.1) is 25.5 Å². The Balaban J connectivity index is 1.65. The lowest BCUT2D eigenvalue weighted by Gasteiger charge is -2.13. The van der Waals surface area contributed by atoms with Gasteiger partial charge in [-0.1, -0.05) is 11.8 Å². The zero-order chi connectivity index (χ0) is 22.4. The molecule has 1 aliphatic rings. The predicted molar refractivity (Wildman–Crippen MR) is 120 cm³/mol. The normalized spacial score (nSPS) is 17.0. The van der Waals surface area contributed by atoms with Crippen LogP contribution >= 0.6 is 11.8 Å². The summed E-state index contributed by atoms with van der Waals surface area (Å²) in [6, 6.07) is 13.6. The van der Waals surface area contributed by atoms with Crippen molar-refractivity contribution in [2.24, 2.45) is 4.99 Å². The van der Waals surface area contributed by atoms with E-state index in [1.54, 1.807) is 48.4 Å². The molecule has 1 atom stereocenters. The van der Waals surface area contributed by atoms with Crippen molar-refractivity contribution >= 4 is 46.1 Å². The maximum Gasteiger partial charge on any atom is 0.337 e.